The summed E-state index contributed by atoms with van der Waals surface area (Å²) in [5.41, 5.74) is -3.42. The van der Waals surface area contributed by atoms with Gasteiger partial charge >= 0.3 is 5.97 Å². The quantitative estimate of drug-likeness (QED) is 0.0671. The third kappa shape index (κ3) is 12.0. The van der Waals surface area contributed by atoms with Crippen molar-refractivity contribution >= 4 is 11.7 Å². The van der Waals surface area contributed by atoms with E-state index in [1.54, 1.807) is 62.6 Å². The van der Waals surface area contributed by atoms with Crippen LogP contribution in [0.1, 0.15) is 88.0 Å². The number of aliphatic hydroxyl groups is 5. The molecule has 0 saturated carbocycles. The monoisotopic (exact) mass is 808 g/mol. The van der Waals surface area contributed by atoms with Gasteiger partial charge in [-0.1, -0.05) is 32.9 Å². The normalized spacial score (nSPS) is 45.6. The third-order valence-electron chi connectivity index (χ3n) is 11.8. The Morgan fingerprint density at radius 2 is 1.61 bits per heavy atom. The van der Waals surface area contributed by atoms with Crippen LogP contribution in [0, 0.1) is 23.7 Å². The van der Waals surface area contributed by atoms with Crippen molar-refractivity contribution in [2.45, 2.75) is 173 Å². The molecule has 0 radical (unpaired) electrons. The maximum Gasteiger partial charge on any atom is 0.311 e. The molecule has 3 heterocycles. The van der Waals surface area contributed by atoms with Crippen LogP contribution in [0.2, 0.25) is 0 Å². The highest BCUT2D eigenvalue weighted by Gasteiger charge is 2.52. The minimum Gasteiger partial charge on any atom is -0.459 e. The van der Waals surface area contributed by atoms with Gasteiger partial charge in [-0.3, -0.25) is 4.79 Å². The Morgan fingerprint density at radius 1 is 0.929 bits per heavy atom. The van der Waals surface area contributed by atoms with Crippen LogP contribution in [0.5, 0.6) is 0 Å². The lowest BCUT2D eigenvalue weighted by Crippen LogP contribution is -2.60. The minimum atomic E-state index is -1.96. The molecule has 0 aliphatic carbocycles. The van der Waals surface area contributed by atoms with E-state index in [1.165, 1.54) is 14.0 Å². The number of oxime groups is 1. The molecule has 4 unspecified atom stereocenters. The third-order valence-corrected chi connectivity index (χ3v) is 11.8. The van der Waals surface area contributed by atoms with E-state index >= 15 is 0 Å². The van der Waals surface area contributed by atoms with Crippen LogP contribution in [0.15, 0.2) is 5.16 Å². The lowest BCUT2D eigenvalue weighted by Gasteiger charge is -2.48. The molecule has 0 aromatic carbocycles. The molecule has 0 aromatic rings. The average molecular weight is 809 g/mol. The minimum absolute atomic E-state index is 0.0284. The summed E-state index contributed by atoms with van der Waals surface area (Å²) < 4.78 is 47.5. The van der Waals surface area contributed by atoms with E-state index in [2.05, 4.69) is 10.5 Å². The molecule has 3 saturated heterocycles. The number of hydrogen-bond acceptors (Lipinski definition) is 17. The van der Waals surface area contributed by atoms with Gasteiger partial charge in [0.2, 0.25) is 6.79 Å². The number of carbonyl (C=O) groups excluding carboxylic acids is 1. The van der Waals surface area contributed by atoms with Crippen molar-refractivity contribution in [1.82, 2.24) is 5.32 Å². The number of esters is 1. The molecule has 17 heteroatoms. The number of rotatable bonds is 13. The van der Waals surface area contributed by atoms with Gasteiger partial charge in [0.1, 0.15) is 23.9 Å². The lowest BCUT2D eigenvalue weighted by atomic mass is 9.73. The predicted molar refractivity (Wildman–Crippen MR) is 203 cm³/mol. The molecule has 17 nitrogen and oxygen atoms in total. The fourth-order valence-corrected chi connectivity index (χ4v) is 8.47. The predicted octanol–water partition coefficient (Wildman–Crippen LogP) is 1.48. The Kier molecular flexibility index (Phi) is 18.8. The summed E-state index contributed by atoms with van der Waals surface area (Å²) in [6, 6.07) is -0.375. The molecule has 0 spiro atoms. The van der Waals surface area contributed by atoms with Gasteiger partial charge < -0.3 is 73.6 Å². The van der Waals surface area contributed by atoms with Crippen LogP contribution >= 0.6 is 0 Å². The zero-order valence-electron chi connectivity index (χ0n) is 35.5. The lowest BCUT2D eigenvalue weighted by molar-refractivity contribution is -0.308. The van der Waals surface area contributed by atoms with Crippen LogP contribution in [0.3, 0.4) is 0 Å². The van der Waals surface area contributed by atoms with Gasteiger partial charge in [-0.2, -0.15) is 0 Å². The second kappa shape index (κ2) is 21.6. The molecule has 0 aromatic heterocycles. The van der Waals surface area contributed by atoms with Crippen LogP contribution in [0.4, 0.5) is 0 Å². The molecule has 6 N–H and O–H groups in total. The highest BCUT2D eigenvalue weighted by molar-refractivity contribution is 5.88. The number of carbonyl (C=O) groups is 1. The Balaban J connectivity index is 2.19. The summed E-state index contributed by atoms with van der Waals surface area (Å²) in [7, 11) is 4.76. The molecule has 328 valence electrons. The summed E-state index contributed by atoms with van der Waals surface area (Å²) in [6.45, 7) is 15.5. The van der Waals surface area contributed by atoms with Crippen molar-refractivity contribution in [2.75, 3.05) is 41.3 Å². The summed E-state index contributed by atoms with van der Waals surface area (Å²) in [6.07, 6.45) is -9.96. The van der Waals surface area contributed by atoms with Gasteiger partial charge in [0.15, 0.2) is 12.6 Å². The van der Waals surface area contributed by atoms with Crippen molar-refractivity contribution < 1.29 is 73.1 Å². The van der Waals surface area contributed by atoms with Gasteiger partial charge in [0.25, 0.3) is 0 Å². The van der Waals surface area contributed by atoms with Gasteiger partial charge in [-0.05, 0) is 60.9 Å². The summed E-state index contributed by atoms with van der Waals surface area (Å²) in [5.74, 6) is -4.11. The van der Waals surface area contributed by atoms with Crippen molar-refractivity contribution in [2.24, 2.45) is 28.8 Å². The van der Waals surface area contributed by atoms with Crippen molar-refractivity contribution in [3.05, 3.63) is 0 Å². The zero-order chi connectivity index (χ0) is 42.1. The highest BCUT2D eigenvalue weighted by atomic mass is 16.7. The Labute approximate surface area is 332 Å². The van der Waals surface area contributed by atoms with E-state index < -0.39 is 102 Å². The smallest absolute Gasteiger partial charge is 0.311 e. The van der Waals surface area contributed by atoms with Crippen molar-refractivity contribution in [1.29, 1.82) is 0 Å². The molecule has 3 rings (SSSR count). The SMILES string of the molecule is CC[C@H]1OC(=O)[C@H](C)[C@@H](O[C@H]2CC(OC)[C@@H](O)C(C)O2)[C@H](C)[C@@H](O[C@@H]2O[C@H](C)CC(NC)C2O)[C@](C)(O)C[C@@H](C)/C(=N\OCOCCOC)[C@H](C)[C@@H](O)[C@]1(C)O. The maximum absolute atomic E-state index is 14.2. The summed E-state index contributed by atoms with van der Waals surface area (Å²) in [5, 5.41) is 66.0. The Morgan fingerprint density at radius 3 is 2.21 bits per heavy atom. The second-order valence-corrected chi connectivity index (χ2v) is 16.4. The number of likely N-dealkylation sites (N-methyl/N-ethyl adjacent to an activating group) is 1. The number of methoxy groups -OCH3 is 2. The first-order chi connectivity index (χ1) is 26.2. The van der Waals surface area contributed by atoms with E-state index in [-0.39, 0.29) is 44.8 Å². The molecular weight excluding hydrogens is 736 g/mol. The number of hydrogen-bond donors (Lipinski definition) is 6. The van der Waals surface area contributed by atoms with Gasteiger partial charge in [0.05, 0.1) is 67.1 Å². The fourth-order valence-electron chi connectivity index (χ4n) is 8.47. The largest absolute Gasteiger partial charge is 0.459 e. The molecule has 18 atom stereocenters. The molecule has 3 aliphatic rings. The molecule has 56 heavy (non-hydrogen) atoms. The van der Waals surface area contributed by atoms with E-state index in [0.29, 0.717) is 18.7 Å². The standard InChI is InChI=1S/C39H72N2O15/c1-13-28-39(9,47)34(44)22(4)30(41-51-19-50-15-14-48-11)20(2)18-38(8,46)35(56-37-32(43)26(40-10)16-21(3)52-37)23(5)33(24(6)36(45)54-28)55-29-17-27(49-12)31(42)25(7)53-29/h20-29,31-35,37,40,42-44,46-47H,13-19H2,1-12H3/b41-30+/t20-,21-,22+,23+,24-,25?,26?,27?,28-,29+,31+,32?,33+,34-,35-,37+,38-,39-/m1/s1. The van der Waals surface area contributed by atoms with Crippen LogP contribution in [-0.2, 0) is 47.5 Å². The van der Waals surface area contributed by atoms with E-state index in [9.17, 15) is 30.3 Å². The fraction of sp³-hybridized carbons (Fsp3) is 0.949. The van der Waals surface area contributed by atoms with Gasteiger partial charge in [0, 0.05) is 44.4 Å². The van der Waals surface area contributed by atoms with E-state index in [4.69, 9.17) is 42.7 Å². The number of cyclic esters (lactones) is 1. The maximum atomic E-state index is 14.2. The van der Waals surface area contributed by atoms with E-state index in [1.807, 2.05) is 6.92 Å². The summed E-state index contributed by atoms with van der Waals surface area (Å²) >= 11 is 0. The van der Waals surface area contributed by atoms with Crippen molar-refractivity contribution in [3.63, 3.8) is 0 Å². The Bertz CT molecular complexity index is 1220. The second-order valence-electron chi connectivity index (χ2n) is 16.4. The van der Waals surface area contributed by atoms with E-state index in [0.717, 1.165) is 0 Å². The van der Waals surface area contributed by atoms with Crippen LogP contribution in [-0.4, -0.2) is 163 Å². The molecule has 3 aliphatic heterocycles. The molecular formula is C39H72N2O15. The molecule has 0 amide bonds. The summed E-state index contributed by atoms with van der Waals surface area (Å²) in [4.78, 5) is 19.8. The number of nitrogens with zero attached hydrogens (tertiary/aromatic N) is 1. The topological polar surface area (TPSA) is 226 Å². The van der Waals surface area contributed by atoms with Crippen LogP contribution in [0.25, 0.3) is 0 Å². The first-order valence-corrected chi connectivity index (χ1v) is 20.0. The van der Waals surface area contributed by atoms with Crippen molar-refractivity contribution in [3.8, 4) is 0 Å². The van der Waals surface area contributed by atoms with Gasteiger partial charge in [-0.15, -0.1) is 0 Å². The highest BCUT2D eigenvalue weighted by Crippen LogP contribution is 2.39. The van der Waals surface area contributed by atoms with Crippen LogP contribution < -0.4 is 5.32 Å². The number of ether oxygens (including phenoxy) is 8. The average Bonchev–Trinajstić information content (AvgIpc) is 3.14. The number of aliphatic hydroxyl groups excluding tert-OH is 3. The number of nitrogens with one attached hydrogen (secondary N) is 1. The first-order valence-electron chi connectivity index (χ1n) is 20.0. The molecule has 0 bridgehead atoms. The Hall–Kier alpha value is -1.58. The molecule has 3 fully saturated rings. The first kappa shape index (κ1) is 48.8. The van der Waals surface area contributed by atoms with Gasteiger partial charge in [-0.25, -0.2) is 0 Å². The zero-order valence-corrected chi connectivity index (χ0v) is 35.5.